The van der Waals surface area contributed by atoms with Gasteiger partial charge in [-0.15, -0.1) is 18.3 Å². The van der Waals surface area contributed by atoms with Gasteiger partial charge in [-0.25, -0.2) is 0 Å². The van der Waals surface area contributed by atoms with Gasteiger partial charge in [0.25, 0.3) is 0 Å². The van der Waals surface area contributed by atoms with Crippen LogP contribution in [0.25, 0.3) is 5.69 Å². The van der Waals surface area contributed by atoms with Crippen LogP contribution < -0.4 is 10.1 Å². The molecule has 6 nitrogen and oxygen atoms in total. The summed E-state index contributed by atoms with van der Waals surface area (Å²) in [6.07, 6.45) is 1.01. The summed E-state index contributed by atoms with van der Waals surface area (Å²) in [5.41, 5.74) is 2.25. The van der Waals surface area contributed by atoms with Crippen molar-refractivity contribution in [2.45, 2.75) is 50.9 Å². The Balaban J connectivity index is 1.43. The highest BCUT2D eigenvalue weighted by molar-refractivity contribution is 5.51. The van der Waals surface area contributed by atoms with Crippen molar-refractivity contribution in [3.05, 3.63) is 59.9 Å². The first-order valence-electron chi connectivity index (χ1n) is 11.8. The van der Waals surface area contributed by atoms with Gasteiger partial charge in [0.15, 0.2) is 5.82 Å². The molecule has 4 fully saturated rings. The maximum Gasteiger partial charge on any atom is 0.573 e. The molecule has 0 radical (unpaired) electrons. The number of nitrogens with zero attached hydrogens (tertiary/aromatic N) is 4. The van der Waals surface area contributed by atoms with Crippen molar-refractivity contribution in [1.29, 1.82) is 0 Å². The first-order chi connectivity index (χ1) is 16.3. The molecule has 2 aromatic carbocycles. The normalized spacial score (nSPS) is 29.9. The van der Waals surface area contributed by atoms with Crippen molar-refractivity contribution in [2.75, 3.05) is 5.32 Å². The second kappa shape index (κ2) is 7.71. The van der Waals surface area contributed by atoms with Crippen molar-refractivity contribution in [1.82, 2.24) is 20.2 Å². The Hall–Kier alpha value is -3.10. The Bertz CT molecular complexity index is 1160. The maximum atomic E-state index is 12.6. The molecular formula is C25H26F3N5O. The summed E-state index contributed by atoms with van der Waals surface area (Å²) < 4.78 is 43.8. The quantitative estimate of drug-likeness (QED) is 0.525. The van der Waals surface area contributed by atoms with Crippen molar-refractivity contribution in [2.24, 2.45) is 23.7 Å². The molecule has 0 saturated heterocycles. The number of tetrazole rings is 1. The summed E-state index contributed by atoms with van der Waals surface area (Å²) >= 11 is 0. The highest BCUT2D eigenvalue weighted by Crippen LogP contribution is 2.62. The number of alkyl halides is 3. The second-order valence-electron chi connectivity index (χ2n) is 10.1. The SMILES string of the molecule is Cc1ccccc1-n1nnnc1C1(Nc2ccc(OC(F)(F)F)cc2)C2CC3CC(C2)CC1C3. The van der Waals surface area contributed by atoms with Crippen LogP contribution in [0.4, 0.5) is 18.9 Å². The number of para-hydroxylation sites is 1. The van der Waals surface area contributed by atoms with Crippen LogP contribution in [0.1, 0.15) is 43.5 Å². The molecule has 1 N–H and O–H groups in total. The number of rotatable bonds is 5. The van der Waals surface area contributed by atoms with E-state index in [4.69, 9.17) is 0 Å². The molecule has 3 aromatic rings. The standard InChI is InChI=1S/C25H26F3N5O/c1-15-4-2-3-5-22(15)33-23(30-31-32-33)24(18-11-16-10-17(13-18)14-19(24)12-16)29-20-6-8-21(9-7-20)34-25(26,27)28/h2-9,16-19,29H,10-14H2,1H3. The Morgan fingerprint density at radius 2 is 1.59 bits per heavy atom. The monoisotopic (exact) mass is 469 g/mol. The number of aromatic nitrogens is 4. The molecule has 0 unspecified atom stereocenters. The summed E-state index contributed by atoms with van der Waals surface area (Å²) in [5.74, 6) is 2.70. The van der Waals surface area contributed by atoms with Crippen LogP contribution in [0.5, 0.6) is 5.75 Å². The van der Waals surface area contributed by atoms with E-state index in [-0.39, 0.29) is 5.75 Å². The van der Waals surface area contributed by atoms with E-state index in [0.717, 1.165) is 60.3 Å². The molecule has 34 heavy (non-hydrogen) atoms. The average Bonchev–Trinajstić information content (AvgIpc) is 3.26. The van der Waals surface area contributed by atoms with Gasteiger partial charge in [-0.2, -0.15) is 4.68 Å². The molecular weight excluding hydrogens is 443 g/mol. The van der Waals surface area contributed by atoms with Crippen LogP contribution in [0.3, 0.4) is 0 Å². The first kappa shape index (κ1) is 21.4. The van der Waals surface area contributed by atoms with Crippen LogP contribution in [-0.2, 0) is 5.54 Å². The third kappa shape index (κ3) is 3.52. The van der Waals surface area contributed by atoms with Gasteiger partial charge in [0.1, 0.15) is 11.3 Å². The van der Waals surface area contributed by atoms with E-state index in [2.05, 4.69) is 25.6 Å². The lowest BCUT2D eigenvalue weighted by Crippen LogP contribution is -2.60. The zero-order valence-electron chi connectivity index (χ0n) is 18.8. The van der Waals surface area contributed by atoms with E-state index in [0.29, 0.717) is 11.8 Å². The minimum absolute atomic E-state index is 0.234. The molecule has 4 saturated carbocycles. The fraction of sp³-hybridized carbons (Fsp3) is 0.480. The van der Waals surface area contributed by atoms with Crippen molar-refractivity contribution in [3.63, 3.8) is 0 Å². The Morgan fingerprint density at radius 3 is 2.21 bits per heavy atom. The number of anilines is 1. The van der Waals surface area contributed by atoms with E-state index in [1.807, 2.05) is 35.9 Å². The predicted molar refractivity (Wildman–Crippen MR) is 119 cm³/mol. The molecule has 4 aliphatic carbocycles. The van der Waals surface area contributed by atoms with E-state index in [9.17, 15) is 13.2 Å². The van der Waals surface area contributed by atoms with Crippen molar-refractivity contribution >= 4 is 5.69 Å². The van der Waals surface area contributed by atoms with Gasteiger partial charge in [0.2, 0.25) is 0 Å². The highest BCUT2D eigenvalue weighted by atomic mass is 19.4. The average molecular weight is 470 g/mol. The minimum Gasteiger partial charge on any atom is -0.406 e. The Kier molecular flexibility index (Phi) is 4.86. The maximum absolute atomic E-state index is 12.6. The number of hydrogen-bond donors (Lipinski definition) is 1. The minimum atomic E-state index is -4.72. The number of aryl methyl sites for hydroxylation is 1. The van der Waals surface area contributed by atoms with Crippen LogP contribution in [-0.4, -0.2) is 26.6 Å². The lowest BCUT2D eigenvalue weighted by molar-refractivity contribution is -0.274. The molecule has 1 aromatic heterocycles. The van der Waals surface area contributed by atoms with Crippen molar-refractivity contribution in [3.8, 4) is 11.4 Å². The van der Waals surface area contributed by atoms with Crippen LogP contribution in [0.2, 0.25) is 0 Å². The largest absolute Gasteiger partial charge is 0.573 e. The fourth-order valence-electron chi connectivity index (χ4n) is 6.94. The van der Waals surface area contributed by atoms with Gasteiger partial charge in [0, 0.05) is 5.69 Å². The van der Waals surface area contributed by atoms with Gasteiger partial charge < -0.3 is 10.1 Å². The first-order valence-corrected chi connectivity index (χ1v) is 11.8. The zero-order valence-corrected chi connectivity index (χ0v) is 18.8. The van der Waals surface area contributed by atoms with Gasteiger partial charge >= 0.3 is 6.36 Å². The summed E-state index contributed by atoms with van der Waals surface area (Å²) in [6, 6.07) is 14.0. The summed E-state index contributed by atoms with van der Waals surface area (Å²) in [4.78, 5) is 0. The number of hydrogen-bond acceptors (Lipinski definition) is 5. The number of nitrogens with one attached hydrogen (secondary N) is 1. The summed E-state index contributed by atoms with van der Waals surface area (Å²) in [6.45, 7) is 2.04. The third-order valence-electron chi connectivity index (χ3n) is 8.05. The Labute approximate surface area is 195 Å². The molecule has 9 heteroatoms. The van der Waals surface area contributed by atoms with E-state index in [1.165, 1.54) is 18.6 Å². The third-order valence-corrected chi connectivity index (χ3v) is 8.05. The van der Waals surface area contributed by atoms with E-state index >= 15 is 0 Å². The van der Waals surface area contributed by atoms with Crippen LogP contribution >= 0.6 is 0 Å². The van der Waals surface area contributed by atoms with Crippen LogP contribution in [0.15, 0.2) is 48.5 Å². The molecule has 0 atom stereocenters. The van der Waals surface area contributed by atoms with E-state index in [1.54, 1.807) is 12.1 Å². The zero-order chi connectivity index (χ0) is 23.5. The summed E-state index contributed by atoms with van der Waals surface area (Å²) in [7, 11) is 0. The summed E-state index contributed by atoms with van der Waals surface area (Å²) in [5, 5.41) is 16.8. The van der Waals surface area contributed by atoms with Crippen molar-refractivity contribution < 1.29 is 17.9 Å². The Morgan fingerprint density at radius 1 is 0.941 bits per heavy atom. The molecule has 178 valence electrons. The highest BCUT2D eigenvalue weighted by Gasteiger charge is 2.60. The molecule has 0 aliphatic heterocycles. The molecule has 7 rings (SSSR count). The predicted octanol–water partition coefficient (Wildman–Crippen LogP) is 5.63. The molecule has 0 spiro atoms. The van der Waals surface area contributed by atoms with Gasteiger partial charge in [-0.1, -0.05) is 18.2 Å². The smallest absolute Gasteiger partial charge is 0.406 e. The molecule has 0 amide bonds. The number of ether oxygens (including phenoxy) is 1. The number of halogens is 3. The van der Waals surface area contributed by atoms with E-state index < -0.39 is 11.9 Å². The van der Waals surface area contributed by atoms with Crippen LogP contribution in [0, 0.1) is 30.6 Å². The molecule has 4 aliphatic rings. The lowest BCUT2D eigenvalue weighted by atomic mass is 9.48. The molecule has 4 bridgehead atoms. The van der Waals surface area contributed by atoms with Gasteiger partial charge in [0.05, 0.1) is 5.69 Å². The van der Waals surface area contributed by atoms with Gasteiger partial charge in [-0.05, 0) is 109 Å². The number of benzene rings is 2. The second-order valence-corrected chi connectivity index (χ2v) is 10.1. The fourth-order valence-corrected chi connectivity index (χ4v) is 6.94. The lowest BCUT2D eigenvalue weighted by Gasteiger charge is -2.60. The van der Waals surface area contributed by atoms with Gasteiger partial charge in [-0.3, -0.25) is 0 Å². The molecule has 1 heterocycles. The topological polar surface area (TPSA) is 64.9 Å².